The van der Waals surface area contributed by atoms with E-state index in [4.69, 9.17) is 21.8 Å². The van der Waals surface area contributed by atoms with Gasteiger partial charge in [-0.2, -0.15) is 10.1 Å². The molecule has 3 heterocycles. The van der Waals surface area contributed by atoms with E-state index in [2.05, 4.69) is 15.4 Å². The second kappa shape index (κ2) is 9.63. The van der Waals surface area contributed by atoms with Crippen LogP contribution in [0.5, 0.6) is 0 Å². The highest BCUT2D eigenvalue weighted by Crippen LogP contribution is 2.29. The first-order valence-corrected chi connectivity index (χ1v) is 10.9. The van der Waals surface area contributed by atoms with Gasteiger partial charge in [-0.3, -0.25) is 14.3 Å². The maximum absolute atomic E-state index is 12.3. The van der Waals surface area contributed by atoms with Gasteiger partial charge in [-0.25, -0.2) is 0 Å². The number of nitrogen functional groups attached to an aromatic ring is 1. The van der Waals surface area contributed by atoms with Crippen LogP contribution in [0.4, 0.5) is 11.7 Å². The van der Waals surface area contributed by atoms with Gasteiger partial charge in [0.2, 0.25) is 5.91 Å². The number of halogens is 1. The van der Waals surface area contributed by atoms with Crippen LogP contribution in [-0.4, -0.2) is 70.1 Å². The van der Waals surface area contributed by atoms with Crippen LogP contribution < -0.4 is 11.1 Å². The van der Waals surface area contributed by atoms with Crippen LogP contribution in [0.15, 0.2) is 41.3 Å². The monoisotopic (exact) mass is 471 g/mol. The zero-order valence-corrected chi connectivity index (χ0v) is 19.2. The maximum atomic E-state index is 12.3. The molecule has 10 nitrogen and oxygen atoms in total. The number of amides is 2. The number of aromatic nitrogens is 3. The zero-order chi connectivity index (χ0) is 23.5. The molecular weight excluding hydrogens is 446 g/mol. The summed E-state index contributed by atoms with van der Waals surface area (Å²) in [6.45, 7) is 3.01. The SMILES string of the molecule is CN(C)CCC(=O)N1CC(Cn2cc(-c3ccc(Cl)c(NC(=O)c4coc(N)n4)c3)cn2)C1. The minimum atomic E-state index is -0.472. The van der Waals surface area contributed by atoms with Crippen molar-refractivity contribution in [2.75, 3.05) is 44.8 Å². The third kappa shape index (κ3) is 5.52. The smallest absolute Gasteiger partial charge is 0.292 e. The van der Waals surface area contributed by atoms with E-state index in [1.807, 2.05) is 40.8 Å². The predicted octanol–water partition coefficient (Wildman–Crippen LogP) is 2.44. The summed E-state index contributed by atoms with van der Waals surface area (Å²) >= 11 is 6.26. The topological polar surface area (TPSA) is 123 Å². The summed E-state index contributed by atoms with van der Waals surface area (Å²) in [4.78, 5) is 32.2. The van der Waals surface area contributed by atoms with Crippen LogP contribution in [0.25, 0.3) is 11.1 Å². The summed E-state index contributed by atoms with van der Waals surface area (Å²) < 4.78 is 6.76. The second-order valence-electron chi connectivity index (χ2n) is 8.39. The molecule has 0 saturated carbocycles. The molecule has 0 bridgehead atoms. The second-order valence-corrected chi connectivity index (χ2v) is 8.80. The number of nitrogens with one attached hydrogen (secondary N) is 1. The number of hydrogen-bond donors (Lipinski definition) is 2. The number of rotatable bonds is 8. The van der Waals surface area contributed by atoms with Gasteiger partial charge in [-0.05, 0) is 31.8 Å². The Labute approximate surface area is 196 Å². The van der Waals surface area contributed by atoms with Gasteiger partial charge in [-0.1, -0.05) is 17.7 Å². The van der Waals surface area contributed by atoms with Gasteiger partial charge in [0.15, 0.2) is 5.69 Å². The first-order chi connectivity index (χ1) is 15.8. The van der Waals surface area contributed by atoms with E-state index < -0.39 is 5.91 Å². The number of likely N-dealkylation sites (tertiary alicyclic amines) is 1. The van der Waals surface area contributed by atoms with Gasteiger partial charge in [0.05, 0.1) is 16.9 Å². The fourth-order valence-electron chi connectivity index (χ4n) is 3.62. The van der Waals surface area contributed by atoms with Crippen molar-refractivity contribution < 1.29 is 14.0 Å². The molecule has 0 radical (unpaired) electrons. The Morgan fingerprint density at radius 3 is 2.79 bits per heavy atom. The largest absolute Gasteiger partial charge is 0.431 e. The molecule has 174 valence electrons. The Balaban J connectivity index is 1.35. The number of nitrogens with two attached hydrogens (primary N) is 1. The third-order valence-electron chi connectivity index (χ3n) is 5.46. The Hall–Kier alpha value is -3.37. The van der Waals surface area contributed by atoms with E-state index in [0.717, 1.165) is 37.3 Å². The molecule has 2 amide bonds. The van der Waals surface area contributed by atoms with E-state index in [9.17, 15) is 9.59 Å². The van der Waals surface area contributed by atoms with Gasteiger partial charge in [0, 0.05) is 50.3 Å². The molecule has 1 aromatic carbocycles. The van der Waals surface area contributed by atoms with Gasteiger partial charge < -0.3 is 25.3 Å². The summed E-state index contributed by atoms with van der Waals surface area (Å²) in [5, 5.41) is 7.57. The summed E-state index contributed by atoms with van der Waals surface area (Å²) in [7, 11) is 3.93. The molecule has 1 fully saturated rings. The van der Waals surface area contributed by atoms with Gasteiger partial charge in [0.25, 0.3) is 11.9 Å². The maximum Gasteiger partial charge on any atom is 0.292 e. The average molecular weight is 472 g/mol. The first-order valence-electron chi connectivity index (χ1n) is 10.6. The van der Waals surface area contributed by atoms with Crippen LogP contribution in [0.1, 0.15) is 16.9 Å². The lowest BCUT2D eigenvalue weighted by Gasteiger charge is -2.39. The molecule has 0 aliphatic carbocycles. The highest BCUT2D eigenvalue weighted by Gasteiger charge is 2.30. The van der Waals surface area contributed by atoms with E-state index in [1.165, 1.54) is 6.26 Å². The summed E-state index contributed by atoms with van der Waals surface area (Å²) in [6.07, 6.45) is 5.45. The number of oxazole rings is 1. The van der Waals surface area contributed by atoms with Crippen molar-refractivity contribution >= 4 is 35.1 Å². The average Bonchev–Trinajstić information content (AvgIpc) is 3.39. The van der Waals surface area contributed by atoms with Crippen LogP contribution in [0.3, 0.4) is 0 Å². The van der Waals surface area contributed by atoms with E-state index in [0.29, 0.717) is 23.0 Å². The van der Waals surface area contributed by atoms with E-state index in [-0.39, 0.29) is 17.6 Å². The molecule has 4 rings (SSSR count). The molecule has 1 aliphatic rings. The summed E-state index contributed by atoms with van der Waals surface area (Å²) in [6, 6.07) is 5.27. The molecule has 0 unspecified atom stereocenters. The van der Waals surface area contributed by atoms with Crippen molar-refractivity contribution in [2.45, 2.75) is 13.0 Å². The summed E-state index contributed by atoms with van der Waals surface area (Å²) in [5.41, 5.74) is 7.68. The number of carbonyl (C=O) groups is 2. The Morgan fingerprint density at radius 1 is 1.30 bits per heavy atom. The minimum absolute atomic E-state index is 0.0662. The standard InChI is InChI=1S/C22H26ClN7O3/c1-28(2)6-5-20(31)29-9-14(10-29)11-30-12-16(8-25-30)15-3-4-17(23)18(7-15)26-21(32)19-13-33-22(24)27-19/h3-4,7-8,12-14H,5-6,9-11H2,1-2H3,(H2,24,27)(H,26,32). The molecule has 11 heteroatoms. The van der Waals surface area contributed by atoms with Gasteiger partial charge in [-0.15, -0.1) is 0 Å². The van der Waals surface area contributed by atoms with E-state index >= 15 is 0 Å². The fraction of sp³-hybridized carbons (Fsp3) is 0.364. The van der Waals surface area contributed by atoms with Crippen molar-refractivity contribution in [3.63, 3.8) is 0 Å². The molecule has 3 N–H and O–H groups in total. The summed E-state index contributed by atoms with van der Waals surface area (Å²) in [5.74, 6) is 0.112. The molecule has 3 aromatic rings. The Bertz CT molecular complexity index is 1150. The number of anilines is 2. The predicted molar refractivity (Wildman–Crippen MR) is 125 cm³/mol. The van der Waals surface area contributed by atoms with Gasteiger partial charge >= 0.3 is 0 Å². The zero-order valence-electron chi connectivity index (χ0n) is 18.5. The third-order valence-corrected chi connectivity index (χ3v) is 5.79. The van der Waals surface area contributed by atoms with Gasteiger partial charge in [0.1, 0.15) is 6.26 Å². The quantitative estimate of drug-likeness (QED) is 0.517. The van der Waals surface area contributed by atoms with E-state index in [1.54, 1.807) is 18.3 Å². The normalized spacial score (nSPS) is 13.9. The highest BCUT2D eigenvalue weighted by molar-refractivity contribution is 6.34. The van der Waals surface area contributed by atoms with Crippen molar-refractivity contribution in [3.05, 3.63) is 47.6 Å². The Kier molecular flexibility index (Phi) is 6.66. The van der Waals surface area contributed by atoms with Crippen molar-refractivity contribution in [1.82, 2.24) is 24.6 Å². The molecule has 0 atom stereocenters. The van der Waals surface area contributed by atoms with Crippen molar-refractivity contribution in [3.8, 4) is 11.1 Å². The van der Waals surface area contributed by atoms with Crippen LogP contribution in [-0.2, 0) is 11.3 Å². The molecular formula is C22H26ClN7O3. The molecule has 33 heavy (non-hydrogen) atoms. The lowest BCUT2D eigenvalue weighted by Crippen LogP contribution is -2.51. The fourth-order valence-corrected chi connectivity index (χ4v) is 3.79. The molecule has 2 aromatic heterocycles. The van der Waals surface area contributed by atoms with Crippen LogP contribution in [0, 0.1) is 5.92 Å². The number of hydrogen-bond acceptors (Lipinski definition) is 7. The van der Waals surface area contributed by atoms with Crippen LogP contribution >= 0.6 is 11.6 Å². The molecule has 1 aliphatic heterocycles. The first kappa shape index (κ1) is 22.8. The number of carbonyl (C=O) groups excluding carboxylic acids is 2. The van der Waals surface area contributed by atoms with Crippen LogP contribution in [0.2, 0.25) is 5.02 Å². The lowest BCUT2D eigenvalue weighted by molar-refractivity contribution is -0.138. The Morgan fingerprint density at radius 2 is 2.09 bits per heavy atom. The van der Waals surface area contributed by atoms with Crippen molar-refractivity contribution in [2.24, 2.45) is 5.92 Å². The number of nitrogens with zero attached hydrogens (tertiary/aromatic N) is 5. The minimum Gasteiger partial charge on any atom is -0.431 e. The molecule has 1 saturated heterocycles. The van der Waals surface area contributed by atoms with Crippen molar-refractivity contribution in [1.29, 1.82) is 0 Å². The number of benzene rings is 1. The lowest BCUT2D eigenvalue weighted by atomic mass is 9.99. The molecule has 0 spiro atoms. The highest BCUT2D eigenvalue weighted by atomic mass is 35.5.